The van der Waals surface area contributed by atoms with Crippen molar-refractivity contribution in [1.29, 1.82) is 0 Å². The molecule has 0 atom stereocenters. The summed E-state index contributed by atoms with van der Waals surface area (Å²) >= 11 is 0. The predicted octanol–water partition coefficient (Wildman–Crippen LogP) is 15.5. The van der Waals surface area contributed by atoms with Gasteiger partial charge in [0.05, 0.1) is 28.0 Å². The Hall–Kier alpha value is -6.26. The van der Waals surface area contributed by atoms with Crippen LogP contribution in [0.4, 0.5) is 0 Å². The maximum atomic E-state index is 11.9. The van der Waals surface area contributed by atoms with Gasteiger partial charge in [-0.2, -0.15) is 0 Å². The molecule has 0 saturated heterocycles. The minimum absolute atomic E-state index is 0.0600. The molecule has 0 aliphatic heterocycles. The molecule has 6 aromatic carbocycles. The molecule has 2 heterocycles. The van der Waals surface area contributed by atoms with Crippen LogP contribution in [0.5, 0.6) is 5.75 Å². The van der Waals surface area contributed by atoms with Crippen molar-refractivity contribution in [2.45, 2.75) is 98.1 Å². The molecule has 2 aromatic heterocycles. The van der Waals surface area contributed by atoms with Crippen molar-refractivity contribution >= 4 is 11.0 Å². The van der Waals surface area contributed by atoms with Crippen LogP contribution in [0, 0.1) is 0 Å². The number of fused-ring (bicyclic) bond motifs is 1. The summed E-state index contributed by atoms with van der Waals surface area (Å²) in [4.78, 5) is 10.2. The summed E-state index contributed by atoms with van der Waals surface area (Å²) < 4.78 is 87.2. The zero-order chi connectivity index (χ0) is 51.9. The monoisotopic (exact) mass is 812 g/mol. The van der Waals surface area contributed by atoms with Crippen LogP contribution in [-0.2, 0) is 16.2 Å². The molecule has 0 fully saturated rings. The van der Waals surface area contributed by atoms with Gasteiger partial charge in [0.25, 0.3) is 0 Å². The Morgan fingerprint density at radius 1 is 0.557 bits per heavy atom. The molecule has 0 spiro atoms. The third-order valence-electron chi connectivity index (χ3n) is 11.5. The molecule has 0 radical (unpaired) electrons. The molecule has 0 saturated carbocycles. The van der Waals surface area contributed by atoms with Crippen LogP contribution in [0.1, 0.15) is 118 Å². The molecule has 0 unspecified atom stereocenters. The van der Waals surface area contributed by atoms with Crippen LogP contribution < -0.4 is 0 Å². The summed E-state index contributed by atoms with van der Waals surface area (Å²) in [5.74, 6) is -0.970. The predicted molar refractivity (Wildman–Crippen MR) is 258 cm³/mol. The Morgan fingerprint density at radius 3 is 1.92 bits per heavy atom. The number of pyridine rings is 1. The average molecular weight is 812 g/mol. The smallest absolute Gasteiger partial charge is 0.149 e. The van der Waals surface area contributed by atoms with E-state index in [0.29, 0.717) is 16.7 Å². The van der Waals surface area contributed by atoms with Crippen molar-refractivity contribution in [3.63, 3.8) is 0 Å². The van der Waals surface area contributed by atoms with E-state index in [2.05, 4.69) is 71.9 Å². The number of aromatic nitrogens is 3. The van der Waals surface area contributed by atoms with Crippen LogP contribution in [-0.4, -0.2) is 19.6 Å². The lowest BCUT2D eigenvalue weighted by atomic mass is 9.83. The lowest BCUT2D eigenvalue weighted by Gasteiger charge is -2.23. The second kappa shape index (κ2) is 15.6. The van der Waals surface area contributed by atoms with E-state index < -0.39 is 37.4 Å². The normalized spacial score (nSPS) is 15.6. The fourth-order valence-electron chi connectivity index (χ4n) is 7.88. The largest absolute Gasteiger partial charge is 0.507 e. The standard InChI is InChI=1S/C57H59N3O/c1-36(2)37-20-22-38(23-21-37)40-28-29-58-49(33-40)42-30-41(31-45(32-42)57(9,10)11)46-18-15-19-51-53(46)59-54(48-35-44(56(6,7)8)25-27-52(48)61)60(51)50-26-24-43(55(3,4)5)34-47(50)39-16-13-12-14-17-39/h12-36,61H,1-11H3/i6D3,7D3,8D3,36D. The van der Waals surface area contributed by atoms with E-state index >= 15 is 0 Å². The van der Waals surface area contributed by atoms with Gasteiger partial charge in [0.15, 0.2) is 0 Å². The molecular formula is C57H59N3O. The Labute approximate surface area is 377 Å². The highest BCUT2D eigenvalue weighted by Gasteiger charge is 2.26. The summed E-state index contributed by atoms with van der Waals surface area (Å²) in [6.07, 6.45) is 1.79. The van der Waals surface area contributed by atoms with Crippen LogP contribution in [0.3, 0.4) is 0 Å². The Balaban J connectivity index is 1.44. The maximum absolute atomic E-state index is 11.9. The van der Waals surface area contributed by atoms with E-state index in [0.717, 1.165) is 73.5 Å². The van der Waals surface area contributed by atoms with Crippen molar-refractivity contribution < 1.29 is 18.8 Å². The lowest BCUT2D eigenvalue weighted by molar-refractivity contribution is 0.475. The third-order valence-corrected chi connectivity index (χ3v) is 11.5. The number of phenolic OH excluding ortho intramolecular Hbond substituents is 1. The fourth-order valence-corrected chi connectivity index (χ4v) is 7.88. The number of para-hydroxylation sites is 1. The first kappa shape index (κ1) is 30.7. The van der Waals surface area contributed by atoms with Crippen LogP contribution in [0.2, 0.25) is 0 Å². The zero-order valence-corrected chi connectivity index (χ0v) is 36.1. The lowest BCUT2D eigenvalue weighted by Crippen LogP contribution is -2.12. The minimum atomic E-state index is -3.54. The van der Waals surface area contributed by atoms with Gasteiger partial charge in [-0.05, 0) is 121 Å². The molecule has 4 heteroatoms. The summed E-state index contributed by atoms with van der Waals surface area (Å²) in [5.41, 5.74) is 7.10. The molecular weight excluding hydrogens is 743 g/mol. The number of benzene rings is 6. The first-order valence-corrected chi connectivity index (χ1v) is 20.7. The van der Waals surface area contributed by atoms with E-state index in [4.69, 9.17) is 23.7 Å². The highest BCUT2D eigenvalue weighted by molar-refractivity contribution is 5.98. The Morgan fingerprint density at radius 2 is 1.23 bits per heavy atom. The number of hydrogen-bond donors (Lipinski definition) is 1. The topological polar surface area (TPSA) is 50.9 Å². The highest BCUT2D eigenvalue weighted by atomic mass is 16.3. The van der Waals surface area contributed by atoms with Gasteiger partial charge < -0.3 is 5.11 Å². The van der Waals surface area contributed by atoms with E-state index in [-0.39, 0.29) is 28.0 Å². The number of hydrogen-bond acceptors (Lipinski definition) is 3. The second-order valence-electron chi connectivity index (χ2n) is 18.3. The number of phenols is 1. The van der Waals surface area contributed by atoms with Gasteiger partial charge in [-0.25, -0.2) is 4.98 Å². The van der Waals surface area contributed by atoms with Crippen molar-refractivity contribution in [3.05, 3.63) is 168 Å². The molecule has 0 aliphatic carbocycles. The Kier molecular flexibility index (Phi) is 7.88. The molecule has 308 valence electrons. The first-order valence-electron chi connectivity index (χ1n) is 25.7. The number of nitrogens with zero attached hydrogens (tertiary/aromatic N) is 3. The highest BCUT2D eigenvalue weighted by Crippen LogP contribution is 2.43. The van der Waals surface area contributed by atoms with Gasteiger partial charge in [0.1, 0.15) is 11.6 Å². The van der Waals surface area contributed by atoms with Gasteiger partial charge in [0, 0.05) is 36.6 Å². The van der Waals surface area contributed by atoms with Crippen molar-refractivity contribution in [2.75, 3.05) is 0 Å². The van der Waals surface area contributed by atoms with E-state index in [1.165, 1.54) is 6.07 Å². The zero-order valence-electron chi connectivity index (χ0n) is 46.1. The summed E-state index contributed by atoms with van der Waals surface area (Å²) in [7, 11) is 0. The second-order valence-corrected chi connectivity index (χ2v) is 18.3. The number of rotatable bonds is 7. The molecule has 4 nitrogen and oxygen atoms in total. The van der Waals surface area contributed by atoms with Gasteiger partial charge >= 0.3 is 0 Å². The molecule has 61 heavy (non-hydrogen) atoms. The molecule has 0 aliphatic rings. The molecule has 0 bridgehead atoms. The first-order chi connectivity index (χ1) is 32.9. The van der Waals surface area contributed by atoms with Crippen LogP contribution in [0.15, 0.2) is 146 Å². The SMILES string of the molecule is [2H]C(C)(C)c1ccc(-c2ccnc(-c3cc(-c4cccc5c4nc(-c4cc(C(C([2H])([2H])[2H])(C([2H])([2H])[2H])C([2H])([2H])[2H])ccc4O)n5-c4ccc(C(C)(C)C)cc4-c4ccccc4)cc(C(C)(C)C)c3)c2)cc1. The Bertz CT molecular complexity index is 3240. The summed E-state index contributed by atoms with van der Waals surface area (Å²) in [5, 5.41) is 11.9. The third kappa shape index (κ3) is 8.29. The van der Waals surface area contributed by atoms with Crippen molar-refractivity contribution in [1.82, 2.24) is 14.5 Å². The number of imidazole rings is 1. The van der Waals surface area contributed by atoms with Crippen LogP contribution >= 0.6 is 0 Å². The van der Waals surface area contributed by atoms with E-state index in [1.807, 2.05) is 109 Å². The van der Waals surface area contributed by atoms with Gasteiger partial charge in [-0.3, -0.25) is 9.55 Å². The van der Waals surface area contributed by atoms with Gasteiger partial charge in [-0.1, -0.05) is 161 Å². The van der Waals surface area contributed by atoms with Gasteiger partial charge in [-0.15, -0.1) is 0 Å². The van der Waals surface area contributed by atoms with Crippen LogP contribution in [0.25, 0.3) is 72.7 Å². The molecule has 8 rings (SSSR count). The molecule has 0 amide bonds. The van der Waals surface area contributed by atoms with Crippen molar-refractivity contribution in [3.8, 4) is 67.5 Å². The van der Waals surface area contributed by atoms with Gasteiger partial charge in [0.2, 0.25) is 0 Å². The van der Waals surface area contributed by atoms with E-state index in [9.17, 15) is 5.11 Å². The summed E-state index contributed by atoms with van der Waals surface area (Å²) in [6, 6.07) is 43.5. The fraction of sp³-hybridized carbons (Fsp3) is 0.263. The average Bonchev–Trinajstić information content (AvgIpc) is 3.67. The minimum Gasteiger partial charge on any atom is -0.507 e. The summed E-state index contributed by atoms with van der Waals surface area (Å²) in [6.45, 7) is 5.91. The van der Waals surface area contributed by atoms with Crippen molar-refractivity contribution in [2.24, 2.45) is 0 Å². The van der Waals surface area contributed by atoms with E-state index in [1.54, 1.807) is 6.20 Å². The quantitative estimate of drug-likeness (QED) is 0.174. The maximum Gasteiger partial charge on any atom is 0.149 e. The molecule has 8 aromatic rings. The molecule has 1 N–H and O–H groups in total. The number of aromatic hydroxyl groups is 1.